The lowest BCUT2D eigenvalue weighted by Gasteiger charge is -2.22. The van der Waals surface area contributed by atoms with Crippen molar-refractivity contribution in [3.05, 3.63) is 42.4 Å². The minimum absolute atomic E-state index is 0.0508. The van der Waals surface area contributed by atoms with Gasteiger partial charge in [0.1, 0.15) is 0 Å². The molecule has 0 saturated heterocycles. The topological polar surface area (TPSA) is 91.5 Å². The molecule has 0 spiro atoms. The molecule has 0 aromatic carbocycles. The summed E-state index contributed by atoms with van der Waals surface area (Å²) < 4.78 is 1.89. The molecule has 1 aliphatic rings. The third kappa shape index (κ3) is 3.41. The molecule has 0 saturated carbocycles. The number of rotatable bonds is 5. The van der Waals surface area contributed by atoms with Crippen LogP contribution < -0.4 is 10.6 Å². The van der Waals surface area contributed by atoms with E-state index in [1.807, 2.05) is 54.8 Å². The minimum atomic E-state index is -0.249. The fourth-order valence-electron chi connectivity index (χ4n) is 2.97. The van der Waals surface area contributed by atoms with Crippen molar-refractivity contribution in [3.8, 4) is 0 Å². The van der Waals surface area contributed by atoms with Gasteiger partial charge >= 0.3 is 6.03 Å². The van der Waals surface area contributed by atoms with Crippen LogP contribution in [0.1, 0.15) is 32.1 Å². The summed E-state index contributed by atoms with van der Waals surface area (Å²) in [6.45, 7) is 4.18. The van der Waals surface area contributed by atoms with Gasteiger partial charge in [-0.1, -0.05) is 32.1 Å². The van der Waals surface area contributed by atoms with E-state index in [1.54, 1.807) is 0 Å². The SMILES string of the molecule is CC(C)C(NC(=O)N[C@@H]1C=C[C@H](CO)C1)c1nnc2ccccn12. The molecule has 24 heavy (non-hydrogen) atoms. The monoisotopic (exact) mass is 329 g/mol. The van der Waals surface area contributed by atoms with E-state index in [1.165, 1.54) is 0 Å². The molecule has 1 aliphatic carbocycles. The maximum Gasteiger partial charge on any atom is 0.315 e. The number of nitrogens with zero attached hydrogens (tertiary/aromatic N) is 3. The molecule has 3 rings (SSSR count). The number of urea groups is 1. The Bertz CT molecular complexity index is 739. The summed E-state index contributed by atoms with van der Waals surface area (Å²) in [7, 11) is 0. The first-order chi connectivity index (χ1) is 11.6. The summed E-state index contributed by atoms with van der Waals surface area (Å²) in [5, 5.41) is 23.5. The highest BCUT2D eigenvalue weighted by molar-refractivity contribution is 5.75. The number of pyridine rings is 1. The second kappa shape index (κ2) is 7.00. The smallest absolute Gasteiger partial charge is 0.315 e. The van der Waals surface area contributed by atoms with Crippen LogP contribution in [0.25, 0.3) is 5.65 Å². The van der Waals surface area contributed by atoms with E-state index in [0.717, 1.165) is 12.1 Å². The molecule has 2 heterocycles. The summed E-state index contributed by atoms with van der Waals surface area (Å²) in [6.07, 6.45) is 6.49. The number of hydrogen-bond acceptors (Lipinski definition) is 4. The third-order valence-electron chi connectivity index (χ3n) is 4.29. The van der Waals surface area contributed by atoms with Crippen molar-refractivity contribution in [2.45, 2.75) is 32.4 Å². The van der Waals surface area contributed by atoms with Crippen LogP contribution in [0.4, 0.5) is 4.79 Å². The van der Waals surface area contributed by atoms with E-state index in [0.29, 0.717) is 5.82 Å². The number of amides is 2. The summed E-state index contributed by atoms with van der Waals surface area (Å²) in [6, 6.07) is 5.16. The molecular formula is C17H23N5O2. The Hall–Kier alpha value is -2.41. The average Bonchev–Trinajstić information content (AvgIpc) is 3.19. The molecule has 2 aromatic rings. The van der Waals surface area contributed by atoms with Gasteiger partial charge in [0.2, 0.25) is 0 Å². The molecule has 128 valence electrons. The maximum absolute atomic E-state index is 12.4. The van der Waals surface area contributed by atoms with Crippen LogP contribution in [0, 0.1) is 11.8 Å². The maximum atomic E-state index is 12.4. The molecule has 7 heteroatoms. The van der Waals surface area contributed by atoms with E-state index >= 15 is 0 Å². The lowest BCUT2D eigenvalue weighted by molar-refractivity contribution is 0.224. The Morgan fingerprint density at radius 3 is 2.92 bits per heavy atom. The Labute approximate surface area is 140 Å². The fraction of sp³-hybridized carbons (Fsp3) is 0.471. The molecule has 0 bridgehead atoms. The van der Waals surface area contributed by atoms with E-state index in [9.17, 15) is 4.79 Å². The molecule has 2 amide bonds. The Kier molecular flexibility index (Phi) is 4.80. The van der Waals surface area contributed by atoms with Crippen LogP contribution in [0.15, 0.2) is 36.5 Å². The lowest BCUT2D eigenvalue weighted by atomic mass is 10.0. The zero-order chi connectivity index (χ0) is 17.1. The van der Waals surface area contributed by atoms with Crippen LogP contribution in [0.3, 0.4) is 0 Å². The third-order valence-corrected chi connectivity index (χ3v) is 4.29. The van der Waals surface area contributed by atoms with Gasteiger partial charge in [-0.15, -0.1) is 10.2 Å². The van der Waals surface area contributed by atoms with E-state index < -0.39 is 0 Å². The normalized spacial score (nSPS) is 21.3. The molecule has 1 unspecified atom stereocenters. The second-order valence-electron chi connectivity index (χ2n) is 6.50. The largest absolute Gasteiger partial charge is 0.396 e. The van der Waals surface area contributed by atoms with Gasteiger partial charge in [0.25, 0.3) is 0 Å². The lowest BCUT2D eigenvalue weighted by Crippen LogP contribution is -2.44. The first-order valence-corrected chi connectivity index (χ1v) is 8.24. The van der Waals surface area contributed by atoms with Crippen molar-refractivity contribution in [3.63, 3.8) is 0 Å². The number of nitrogens with one attached hydrogen (secondary N) is 2. The zero-order valence-corrected chi connectivity index (χ0v) is 13.9. The Morgan fingerprint density at radius 2 is 2.21 bits per heavy atom. The average molecular weight is 329 g/mol. The fourth-order valence-corrected chi connectivity index (χ4v) is 2.97. The van der Waals surface area contributed by atoms with E-state index in [2.05, 4.69) is 20.8 Å². The number of carbonyl (C=O) groups is 1. The van der Waals surface area contributed by atoms with Crippen LogP contribution in [-0.4, -0.2) is 38.4 Å². The van der Waals surface area contributed by atoms with Crippen molar-refractivity contribution < 1.29 is 9.90 Å². The van der Waals surface area contributed by atoms with Crippen molar-refractivity contribution in [2.24, 2.45) is 11.8 Å². The Morgan fingerprint density at radius 1 is 1.38 bits per heavy atom. The van der Waals surface area contributed by atoms with E-state index in [4.69, 9.17) is 5.11 Å². The van der Waals surface area contributed by atoms with Gasteiger partial charge in [0.15, 0.2) is 11.5 Å². The molecule has 3 N–H and O–H groups in total. The summed E-state index contributed by atoms with van der Waals surface area (Å²) in [5.41, 5.74) is 0.755. The molecule has 0 aliphatic heterocycles. The minimum Gasteiger partial charge on any atom is -0.396 e. The van der Waals surface area contributed by atoms with Crippen molar-refractivity contribution in [2.75, 3.05) is 6.61 Å². The number of aromatic nitrogens is 3. The highest BCUT2D eigenvalue weighted by Gasteiger charge is 2.25. The number of aliphatic hydroxyl groups is 1. The molecule has 7 nitrogen and oxygen atoms in total. The van der Waals surface area contributed by atoms with E-state index in [-0.39, 0.29) is 36.6 Å². The van der Waals surface area contributed by atoms with Crippen LogP contribution in [-0.2, 0) is 0 Å². The van der Waals surface area contributed by atoms with Gasteiger partial charge in [0.05, 0.1) is 6.04 Å². The summed E-state index contributed by atoms with van der Waals surface area (Å²) in [4.78, 5) is 12.4. The molecule has 0 radical (unpaired) electrons. The quantitative estimate of drug-likeness (QED) is 0.728. The predicted octanol–water partition coefficient (Wildman–Crippen LogP) is 1.66. The summed E-state index contributed by atoms with van der Waals surface area (Å²) >= 11 is 0. The molecule has 3 atom stereocenters. The highest BCUT2D eigenvalue weighted by Crippen LogP contribution is 2.21. The van der Waals surface area contributed by atoms with Gasteiger partial charge in [-0.3, -0.25) is 4.40 Å². The number of carbonyl (C=O) groups excluding carboxylic acids is 1. The molecule has 2 aromatic heterocycles. The molecule has 0 fully saturated rings. The van der Waals surface area contributed by atoms with Gasteiger partial charge in [0, 0.05) is 24.8 Å². The van der Waals surface area contributed by atoms with Crippen molar-refractivity contribution in [1.82, 2.24) is 25.2 Å². The van der Waals surface area contributed by atoms with Gasteiger partial charge in [-0.05, 0) is 24.5 Å². The number of hydrogen-bond donors (Lipinski definition) is 3. The van der Waals surface area contributed by atoms with Gasteiger partial charge in [-0.2, -0.15) is 0 Å². The van der Waals surface area contributed by atoms with Gasteiger partial charge in [-0.25, -0.2) is 4.79 Å². The predicted molar refractivity (Wildman–Crippen MR) is 90.4 cm³/mol. The van der Waals surface area contributed by atoms with Crippen molar-refractivity contribution in [1.29, 1.82) is 0 Å². The Balaban J connectivity index is 1.70. The zero-order valence-electron chi connectivity index (χ0n) is 13.9. The van der Waals surface area contributed by atoms with Crippen molar-refractivity contribution >= 4 is 11.7 Å². The standard InChI is InChI=1S/C17H23N5O2/c1-11(2)15(16-21-20-14-5-3-4-8-22(14)16)19-17(24)18-13-7-6-12(9-13)10-23/h3-8,11-13,15,23H,9-10H2,1-2H3,(H2,18,19,24)/t12-,13+,15?/m0/s1. The second-order valence-corrected chi connectivity index (χ2v) is 6.50. The van der Waals surface area contributed by atoms with Crippen LogP contribution in [0.5, 0.6) is 0 Å². The number of aliphatic hydroxyl groups excluding tert-OH is 1. The summed E-state index contributed by atoms with van der Waals surface area (Å²) in [5.74, 6) is 0.996. The highest BCUT2D eigenvalue weighted by atomic mass is 16.3. The first-order valence-electron chi connectivity index (χ1n) is 8.24. The number of fused-ring (bicyclic) bond motifs is 1. The molecular weight excluding hydrogens is 306 g/mol. The van der Waals surface area contributed by atoms with Crippen LogP contribution in [0.2, 0.25) is 0 Å². The van der Waals surface area contributed by atoms with Crippen LogP contribution >= 0.6 is 0 Å². The first kappa shape index (κ1) is 16.4. The van der Waals surface area contributed by atoms with Gasteiger partial charge < -0.3 is 15.7 Å².